The number of nitrogens with one attached hydrogen (secondary N) is 2. The molecule has 2 N–H and O–H groups in total. The second-order valence-electron chi connectivity index (χ2n) is 11.6. The molecule has 5 rings (SSSR count). The molecule has 1 saturated carbocycles. The van der Waals surface area contributed by atoms with Crippen LogP contribution in [-0.2, 0) is 4.74 Å². The molecule has 3 aromatic rings. The molecule has 6 nitrogen and oxygen atoms in total. The predicted octanol–water partition coefficient (Wildman–Crippen LogP) is 4.54. The van der Waals surface area contributed by atoms with Gasteiger partial charge in [-0.25, -0.2) is 4.39 Å². The highest BCUT2D eigenvalue weighted by molar-refractivity contribution is 5.95. The van der Waals surface area contributed by atoms with Crippen LogP contribution in [0.5, 0.6) is 0 Å². The number of likely N-dealkylation sites (tertiary alicyclic amines) is 1. The molecule has 0 bridgehead atoms. The Morgan fingerprint density at radius 3 is 2.26 bits per heavy atom. The summed E-state index contributed by atoms with van der Waals surface area (Å²) in [5.74, 6) is 1.17. The van der Waals surface area contributed by atoms with Crippen molar-refractivity contribution in [3.8, 4) is 11.1 Å². The van der Waals surface area contributed by atoms with Gasteiger partial charge in [0.05, 0.1) is 6.61 Å². The van der Waals surface area contributed by atoms with E-state index in [2.05, 4.69) is 29.2 Å². The molecule has 228 valence electrons. The number of hydrogen-bond acceptors (Lipinski definition) is 5. The standard InChI is InChI=1S/C23H35N3O2.C13H9FO/c1-17-4-7-21(23(27)25-10-13-28-16-20-5-6-20)18(2)22(17)15-24-14-19-8-11-26(3)12-9-19;14-13-7-5-12(6-8-13)11-3-1-10(9-15)2-4-11/h4,7,15,19-20,24H,1,5-6,8-14,16H2,2-3H3,(H,25,27);1-9H/b22-15+;. The highest BCUT2D eigenvalue weighted by Gasteiger charge is 2.21. The van der Waals surface area contributed by atoms with Crippen LogP contribution in [0.2, 0.25) is 0 Å². The van der Waals surface area contributed by atoms with E-state index in [0.29, 0.717) is 30.2 Å². The molecule has 2 aliphatic rings. The van der Waals surface area contributed by atoms with E-state index in [1.54, 1.807) is 24.3 Å². The van der Waals surface area contributed by atoms with Crippen molar-refractivity contribution in [3.05, 3.63) is 93.6 Å². The fourth-order valence-electron chi connectivity index (χ4n) is 5.09. The molecule has 1 saturated heterocycles. The minimum atomic E-state index is -0.247. The zero-order chi connectivity index (χ0) is 30.6. The van der Waals surface area contributed by atoms with E-state index in [9.17, 15) is 14.0 Å². The highest BCUT2D eigenvalue weighted by atomic mass is 19.1. The summed E-state index contributed by atoms with van der Waals surface area (Å²) in [6, 6.07) is 17.2. The van der Waals surface area contributed by atoms with Crippen molar-refractivity contribution in [1.82, 2.24) is 15.5 Å². The van der Waals surface area contributed by atoms with Gasteiger partial charge in [-0.3, -0.25) is 9.59 Å². The third-order valence-corrected chi connectivity index (χ3v) is 8.15. The Morgan fingerprint density at radius 2 is 1.63 bits per heavy atom. The number of carbonyl (C=O) groups excluding carboxylic acids is 2. The van der Waals surface area contributed by atoms with Gasteiger partial charge in [0.2, 0.25) is 0 Å². The predicted molar refractivity (Wildman–Crippen MR) is 172 cm³/mol. The topological polar surface area (TPSA) is 70.7 Å². The maximum atomic E-state index is 12.7. The van der Waals surface area contributed by atoms with E-state index < -0.39 is 0 Å². The molecule has 43 heavy (non-hydrogen) atoms. The highest BCUT2D eigenvalue weighted by Crippen LogP contribution is 2.28. The molecule has 0 radical (unpaired) electrons. The van der Waals surface area contributed by atoms with Gasteiger partial charge in [0.15, 0.2) is 0 Å². The van der Waals surface area contributed by atoms with Crippen LogP contribution in [0.3, 0.4) is 0 Å². The molecule has 2 fully saturated rings. The summed E-state index contributed by atoms with van der Waals surface area (Å²) in [4.78, 5) is 25.4. The van der Waals surface area contributed by atoms with Crippen molar-refractivity contribution in [3.63, 3.8) is 0 Å². The maximum Gasteiger partial charge on any atom is 0.251 e. The first-order valence-electron chi connectivity index (χ1n) is 15.2. The van der Waals surface area contributed by atoms with Crippen LogP contribution in [-0.4, -0.2) is 63.5 Å². The summed E-state index contributed by atoms with van der Waals surface area (Å²) in [5, 5.41) is 8.41. The fraction of sp³-hybridized carbons (Fsp3) is 0.389. The molecular formula is C36H44FN3O3. The molecule has 1 heterocycles. The van der Waals surface area contributed by atoms with E-state index in [1.165, 1.54) is 50.9 Å². The minimum absolute atomic E-state index is 0.0440. The first-order valence-corrected chi connectivity index (χ1v) is 15.2. The third kappa shape index (κ3) is 10.2. The zero-order valence-corrected chi connectivity index (χ0v) is 25.4. The van der Waals surface area contributed by atoms with Gasteiger partial charge in [-0.05, 0) is 105 Å². The summed E-state index contributed by atoms with van der Waals surface area (Å²) in [6.45, 7) is 11.4. The molecular weight excluding hydrogens is 541 g/mol. The summed E-state index contributed by atoms with van der Waals surface area (Å²) < 4.78 is 18.3. The number of benzene rings is 3. The van der Waals surface area contributed by atoms with Crippen LogP contribution < -0.4 is 21.1 Å². The van der Waals surface area contributed by atoms with Gasteiger partial charge in [-0.15, -0.1) is 0 Å². The largest absolute Gasteiger partial charge is 0.390 e. The molecule has 1 aliphatic heterocycles. The van der Waals surface area contributed by atoms with E-state index in [1.807, 2.05) is 37.4 Å². The Kier molecular flexibility index (Phi) is 12.1. The first kappa shape index (κ1) is 32.1. The minimum Gasteiger partial charge on any atom is -0.390 e. The summed E-state index contributed by atoms with van der Waals surface area (Å²) in [5.41, 5.74) is 4.23. The normalized spacial score (nSPS) is 15.8. The van der Waals surface area contributed by atoms with Crippen molar-refractivity contribution in [2.75, 3.05) is 46.4 Å². The van der Waals surface area contributed by atoms with Crippen LogP contribution in [0.25, 0.3) is 23.9 Å². The van der Waals surface area contributed by atoms with E-state index in [4.69, 9.17) is 4.74 Å². The molecule has 1 amide bonds. The average molecular weight is 586 g/mol. The van der Waals surface area contributed by atoms with Crippen LogP contribution >= 0.6 is 0 Å². The number of halogens is 1. The smallest absolute Gasteiger partial charge is 0.251 e. The SMILES string of the molecule is C=c1ccc(C(=O)NCCOCC2CC2)c(C)/c1=C/NCC1CCN(C)CC1.O=Cc1ccc(-c2ccc(F)cc2)cc1. The van der Waals surface area contributed by atoms with Crippen molar-refractivity contribution in [2.45, 2.75) is 32.6 Å². The van der Waals surface area contributed by atoms with Crippen LogP contribution in [0.15, 0.2) is 60.7 Å². The van der Waals surface area contributed by atoms with Gasteiger partial charge in [-0.1, -0.05) is 49.0 Å². The first-order chi connectivity index (χ1) is 20.8. The molecule has 1 aliphatic carbocycles. The monoisotopic (exact) mass is 585 g/mol. The lowest BCUT2D eigenvalue weighted by Gasteiger charge is -2.28. The average Bonchev–Trinajstić information content (AvgIpc) is 3.85. The van der Waals surface area contributed by atoms with Gasteiger partial charge >= 0.3 is 0 Å². The van der Waals surface area contributed by atoms with Gasteiger partial charge in [-0.2, -0.15) is 0 Å². The molecule has 7 heteroatoms. The quantitative estimate of drug-likeness (QED) is 0.256. The van der Waals surface area contributed by atoms with Crippen LogP contribution in [0.4, 0.5) is 4.39 Å². The lowest BCUT2D eigenvalue weighted by Crippen LogP contribution is -2.36. The molecule has 0 aromatic heterocycles. The number of carbonyl (C=O) groups is 2. The molecule has 0 unspecified atom stereocenters. The second-order valence-corrected chi connectivity index (χ2v) is 11.6. The molecule has 0 atom stereocenters. The zero-order valence-electron chi connectivity index (χ0n) is 25.4. The van der Waals surface area contributed by atoms with Gasteiger partial charge in [0, 0.05) is 42.2 Å². The molecule has 0 spiro atoms. The Morgan fingerprint density at radius 1 is 0.977 bits per heavy atom. The van der Waals surface area contributed by atoms with Gasteiger partial charge in [0.25, 0.3) is 5.91 Å². The summed E-state index contributed by atoms with van der Waals surface area (Å²) in [6.07, 6.45) is 7.87. The van der Waals surface area contributed by atoms with E-state index in [-0.39, 0.29) is 11.7 Å². The van der Waals surface area contributed by atoms with E-state index in [0.717, 1.165) is 52.5 Å². The number of amides is 1. The van der Waals surface area contributed by atoms with Crippen molar-refractivity contribution in [2.24, 2.45) is 11.8 Å². The third-order valence-electron chi connectivity index (χ3n) is 8.15. The van der Waals surface area contributed by atoms with Gasteiger partial charge < -0.3 is 20.3 Å². The van der Waals surface area contributed by atoms with Crippen LogP contribution in [0.1, 0.15) is 52.0 Å². The van der Waals surface area contributed by atoms with Crippen molar-refractivity contribution >= 4 is 25.0 Å². The lowest BCUT2D eigenvalue weighted by atomic mass is 9.97. The lowest BCUT2D eigenvalue weighted by molar-refractivity contribution is 0.0905. The van der Waals surface area contributed by atoms with Crippen molar-refractivity contribution < 1.29 is 18.7 Å². The number of nitrogens with zero attached hydrogens (tertiary/aromatic N) is 1. The number of piperidine rings is 1. The maximum absolute atomic E-state index is 12.7. The summed E-state index contributed by atoms with van der Waals surface area (Å²) >= 11 is 0. The number of ether oxygens (including phenoxy) is 1. The Bertz CT molecular complexity index is 1440. The Balaban J connectivity index is 0.000000237. The van der Waals surface area contributed by atoms with E-state index >= 15 is 0 Å². The Hall–Kier alpha value is -3.81. The number of rotatable bonds is 11. The molecule has 3 aromatic carbocycles. The Labute approximate surface area is 254 Å². The summed E-state index contributed by atoms with van der Waals surface area (Å²) in [7, 11) is 2.18. The number of hydrogen-bond donors (Lipinski definition) is 2. The fourth-order valence-corrected chi connectivity index (χ4v) is 5.09. The second kappa shape index (κ2) is 16.1. The number of aldehydes is 1. The van der Waals surface area contributed by atoms with Crippen molar-refractivity contribution in [1.29, 1.82) is 0 Å². The van der Waals surface area contributed by atoms with Crippen LogP contribution in [0, 0.1) is 24.6 Å². The van der Waals surface area contributed by atoms with Gasteiger partial charge in [0.1, 0.15) is 12.1 Å².